The Hall–Kier alpha value is -3.03. The number of benzene rings is 1. The number of nitrogens with zero attached hydrogens (tertiary/aromatic N) is 5. The molecule has 19 heavy (non-hydrogen) atoms. The second-order valence-electron chi connectivity index (χ2n) is 3.78. The first-order valence-electron chi connectivity index (χ1n) is 5.32. The number of nitrogen functional groups attached to an aromatic ring is 1. The third-order valence-electron chi connectivity index (χ3n) is 2.62. The second kappa shape index (κ2) is 4.02. The van der Waals surface area contributed by atoms with Crippen molar-refractivity contribution in [2.45, 2.75) is 0 Å². The predicted molar refractivity (Wildman–Crippen MR) is 65.8 cm³/mol. The smallest absolute Gasteiger partial charge is 0.335 e. The third kappa shape index (κ3) is 1.75. The van der Waals surface area contributed by atoms with Crippen molar-refractivity contribution in [2.75, 3.05) is 5.73 Å². The fraction of sp³-hybridized carbons (Fsp3) is 0. The molecule has 94 valence electrons. The molecule has 1 aromatic carbocycles. The highest BCUT2D eigenvalue weighted by Crippen LogP contribution is 2.17. The lowest BCUT2D eigenvalue weighted by Crippen LogP contribution is -2.01. The largest absolute Gasteiger partial charge is 0.478 e. The van der Waals surface area contributed by atoms with E-state index in [-0.39, 0.29) is 11.4 Å². The van der Waals surface area contributed by atoms with Crippen molar-refractivity contribution in [3.63, 3.8) is 0 Å². The van der Waals surface area contributed by atoms with Gasteiger partial charge in [0.15, 0.2) is 17.0 Å². The Kier molecular flexibility index (Phi) is 2.34. The van der Waals surface area contributed by atoms with E-state index >= 15 is 0 Å². The molecule has 0 saturated carbocycles. The number of aromatic carboxylic acids is 1. The SMILES string of the molecule is Nc1ncnc2c1nnn2-c1ccc(C(=O)O)cc1. The second-order valence-corrected chi connectivity index (χ2v) is 3.78. The van der Waals surface area contributed by atoms with Crippen LogP contribution in [0.4, 0.5) is 5.82 Å². The van der Waals surface area contributed by atoms with Gasteiger partial charge in [-0.3, -0.25) is 0 Å². The number of nitrogens with two attached hydrogens (primary N) is 1. The first-order valence-corrected chi connectivity index (χ1v) is 5.32. The molecule has 3 N–H and O–H groups in total. The van der Waals surface area contributed by atoms with E-state index in [0.717, 1.165) is 0 Å². The van der Waals surface area contributed by atoms with Gasteiger partial charge in [-0.15, -0.1) is 5.10 Å². The average Bonchev–Trinajstić information content (AvgIpc) is 2.84. The van der Waals surface area contributed by atoms with Crippen molar-refractivity contribution < 1.29 is 9.90 Å². The summed E-state index contributed by atoms with van der Waals surface area (Å²) >= 11 is 0. The summed E-state index contributed by atoms with van der Waals surface area (Å²) in [5.41, 5.74) is 7.38. The van der Waals surface area contributed by atoms with Crippen molar-refractivity contribution in [2.24, 2.45) is 0 Å². The fourth-order valence-electron chi connectivity index (χ4n) is 1.68. The van der Waals surface area contributed by atoms with E-state index < -0.39 is 5.97 Å². The monoisotopic (exact) mass is 256 g/mol. The van der Waals surface area contributed by atoms with Gasteiger partial charge in [-0.1, -0.05) is 5.21 Å². The van der Waals surface area contributed by atoms with E-state index in [0.29, 0.717) is 16.9 Å². The van der Waals surface area contributed by atoms with E-state index in [9.17, 15) is 4.79 Å². The molecule has 0 aliphatic rings. The standard InChI is InChI=1S/C11H8N6O2/c12-9-8-10(14-5-13-9)17(16-15-8)7-3-1-6(2-4-7)11(18)19/h1-5H,(H,18,19)(H2,12,13,14). The van der Waals surface area contributed by atoms with Gasteiger partial charge in [0.05, 0.1) is 11.3 Å². The number of hydrogen-bond acceptors (Lipinski definition) is 6. The van der Waals surface area contributed by atoms with Gasteiger partial charge in [0.25, 0.3) is 0 Å². The number of aromatic nitrogens is 5. The van der Waals surface area contributed by atoms with Crippen molar-refractivity contribution in [3.05, 3.63) is 36.2 Å². The Morgan fingerprint density at radius 1 is 1.21 bits per heavy atom. The zero-order valence-electron chi connectivity index (χ0n) is 9.56. The van der Waals surface area contributed by atoms with Crippen LogP contribution in [0.5, 0.6) is 0 Å². The molecule has 8 nitrogen and oxygen atoms in total. The van der Waals surface area contributed by atoms with Gasteiger partial charge in [-0.05, 0) is 24.3 Å². The van der Waals surface area contributed by atoms with E-state index in [2.05, 4.69) is 20.3 Å². The molecule has 0 aliphatic heterocycles. The highest BCUT2D eigenvalue weighted by Gasteiger charge is 2.11. The van der Waals surface area contributed by atoms with E-state index in [1.54, 1.807) is 12.1 Å². The summed E-state index contributed by atoms with van der Waals surface area (Å²) < 4.78 is 1.47. The third-order valence-corrected chi connectivity index (χ3v) is 2.62. The lowest BCUT2D eigenvalue weighted by Gasteiger charge is -2.01. The van der Waals surface area contributed by atoms with Crippen LogP contribution in [0.25, 0.3) is 16.9 Å². The predicted octanol–water partition coefficient (Wildman–Crippen LogP) is 0.491. The maximum Gasteiger partial charge on any atom is 0.335 e. The van der Waals surface area contributed by atoms with Crippen molar-refractivity contribution in [1.29, 1.82) is 0 Å². The molecule has 0 amide bonds. The topological polar surface area (TPSA) is 120 Å². The van der Waals surface area contributed by atoms with Gasteiger partial charge in [0.2, 0.25) is 0 Å². The molecule has 3 rings (SSSR count). The summed E-state index contributed by atoms with van der Waals surface area (Å²) in [6, 6.07) is 6.21. The maximum atomic E-state index is 10.8. The molecule has 8 heteroatoms. The maximum absolute atomic E-state index is 10.8. The van der Waals surface area contributed by atoms with Crippen LogP contribution in [0.1, 0.15) is 10.4 Å². The average molecular weight is 256 g/mol. The Morgan fingerprint density at radius 3 is 2.63 bits per heavy atom. The van der Waals surface area contributed by atoms with Crippen LogP contribution < -0.4 is 5.73 Å². The van der Waals surface area contributed by atoms with Gasteiger partial charge in [-0.25, -0.2) is 14.8 Å². The number of carboxylic acids is 1. The number of anilines is 1. The summed E-state index contributed by atoms with van der Waals surface area (Å²) in [5, 5.41) is 16.7. The number of carbonyl (C=O) groups is 1. The highest BCUT2D eigenvalue weighted by molar-refractivity contribution is 5.88. The lowest BCUT2D eigenvalue weighted by atomic mass is 10.2. The van der Waals surface area contributed by atoms with Crippen LogP contribution in [0.2, 0.25) is 0 Å². The normalized spacial score (nSPS) is 10.7. The molecule has 2 aromatic heterocycles. The lowest BCUT2D eigenvalue weighted by molar-refractivity contribution is 0.0697. The number of rotatable bonds is 2. The Labute approximate surface area is 106 Å². The number of hydrogen-bond donors (Lipinski definition) is 2. The molecule has 0 saturated heterocycles. The van der Waals surface area contributed by atoms with Crippen LogP contribution in [-0.2, 0) is 0 Å². The molecule has 0 radical (unpaired) electrons. The van der Waals surface area contributed by atoms with Gasteiger partial charge in [0.1, 0.15) is 6.33 Å². The van der Waals surface area contributed by atoms with Gasteiger partial charge in [-0.2, -0.15) is 4.68 Å². The molecule has 0 atom stereocenters. The van der Waals surface area contributed by atoms with E-state index in [1.807, 2.05) is 0 Å². The summed E-state index contributed by atoms with van der Waals surface area (Å²) in [4.78, 5) is 18.7. The summed E-state index contributed by atoms with van der Waals surface area (Å²) in [6.07, 6.45) is 1.32. The minimum Gasteiger partial charge on any atom is -0.478 e. The van der Waals surface area contributed by atoms with Crippen LogP contribution in [0.3, 0.4) is 0 Å². The van der Waals surface area contributed by atoms with Crippen LogP contribution in [0, 0.1) is 0 Å². The van der Waals surface area contributed by atoms with Gasteiger partial charge in [0, 0.05) is 0 Å². The Balaban J connectivity index is 2.14. The number of carboxylic acid groups (broad SMARTS) is 1. The van der Waals surface area contributed by atoms with Gasteiger partial charge >= 0.3 is 5.97 Å². The van der Waals surface area contributed by atoms with Crippen molar-refractivity contribution in [3.8, 4) is 5.69 Å². The first kappa shape index (κ1) is 11.1. The molecule has 0 aliphatic carbocycles. The van der Waals surface area contributed by atoms with Crippen LogP contribution in [0.15, 0.2) is 30.6 Å². The molecule has 0 fully saturated rings. The number of fused-ring (bicyclic) bond motifs is 1. The molecular weight excluding hydrogens is 248 g/mol. The molecular formula is C11H8N6O2. The van der Waals surface area contributed by atoms with Crippen LogP contribution >= 0.6 is 0 Å². The summed E-state index contributed by atoms with van der Waals surface area (Å²) in [5.74, 6) is -0.736. The Bertz CT molecular complexity index is 764. The molecule has 3 aromatic rings. The van der Waals surface area contributed by atoms with Crippen molar-refractivity contribution >= 4 is 23.0 Å². The zero-order valence-corrected chi connectivity index (χ0v) is 9.56. The summed E-state index contributed by atoms with van der Waals surface area (Å²) in [7, 11) is 0. The first-order chi connectivity index (χ1) is 9.16. The van der Waals surface area contributed by atoms with E-state index in [4.69, 9.17) is 10.8 Å². The Morgan fingerprint density at radius 2 is 1.95 bits per heavy atom. The highest BCUT2D eigenvalue weighted by atomic mass is 16.4. The minimum absolute atomic E-state index is 0.197. The minimum atomic E-state index is -0.985. The van der Waals surface area contributed by atoms with Crippen molar-refractivity contribution in [1.82, 2.24) is 25.0 Å². The van der Waals surface area contributed by atoms with Crippen LogP contribution in [-0.4, -0.2) is 36.0 Å². The molecule has 0 bridgehead atoms. The summed E-state index contributed by atoms with van der Waals surface area (Å²) in [6.45, 7) is 0. The quantitative estimate of drug-likeness (QED) is 0.684. The van der Waals surface area contributed by atoms with Gasteiger partial charge < -0.3 is 10.8 Å². The van der Waals surface area contributed by atoms with E-state index in [1.165, 1.54) is 23.1 Å². The zero-order chi connectivity index (χ0) is 13.4. The fourth-order valence-corrected chi connectivity index (χ4v) is 1.68. The molecule has 2 heterocycles. The molecule has 0 spiro atoms. The molecule has 0 unspecified atom stereocenters.